The molecule has 1 aromatic rings. The SMILES string of the molecule is CC1(C2=CC=CC=CN2)C2CCC1C(n1ccnc1)C2. The van der Waals surface area contributed by atoms with Gasteiger partial charge in [0.25, 0.3) is 0 Å². The summed E-state index contributed by atoms with van der Waals surface area (Å²) in [7, 11) is 0. The van der Waals surface area contributed by atoms with E-state index in [4.69, 9.17) is 0 Å². The molecule has 0 amide bonds. The van der Waals surface area contributed by atoms with Crippen LogP contribution in [0.15, 0.2) is 54.9 Å². The lowest BCUT2D eigenvalue weighted by Crippen LogP contribution is -2.32. The Kier molecular flexibility index (Phi) is 2.62. The van der Waals surface area contributed by atoms with Crippen LogP contribution in [0.4, 0.5) is 0 Å². The van der Waals surface area contributed by atoms with Crippen LogP contribution in [0.25, 0.3) is 0 Å². The van der Waals surface area contributed by atoms with Crippen molar-refractivity contribution < 1.29 is 0 Å². The third kappa shape index (κ3) is 1.55. The van der Waals surface area contributed by atoms with E-state index in [0.717, 1.165) is 5.92 Å². The van der Waals surface area contributed by atoms with Crippen molar-refractivity contribution >= 4 is 0 Å². The van der Waals surface area contributed by atoms with Gasteiger partial charge in [-0.05, 0) is 43.3 Å². The van der Waals surface area contributed by atoms with Gasteiger partial charge < -0.3 is 9.88 Å². The smallest absolute Gasteiger partial charge is 0.0948 e. The molecule has 2 heterocycles. The van der Waals surface area contributed by atoms with Gasteiger partial charge in [0.2, 0.25) is 0 Å². The van der Waals surface area contributed by atoms with Crippen LogP contribution in [0.2, 0.25) is 0 Å². The fourth-order valence-electron chi connectivity index (χ4n) is 4.70. The summed E-state index contributed by atoms with van der Waals surface area (Å²) in [6.07, 6.45) is 20.6. The summed E-state index contributed by atoms with van der Waals surface area (Å²) in [4.78, 5) is 4.24. The molecule has 4 rings (SSSR count). The van der Waals surface area contributed by atoms with Crippen molar-refractivity contribution in [3.63, 3.8) is 0 Å². The molecular weight excluding hydrogens is 246 g/mol. The van der Waals surface area contributed by atoms with E-state index in [1.165, 1.54) is 25.0 Å². The molecule has 3 nitrogen and oxygen atoms in total. The largest absolute Gasteiger partial charge is 0.365 e. The molecule has 1 aliphatic heterocycles. The van der Waals surface area contributed by atoms with E-state index in [2.05, 4.69) is 58.5 Å². The number of rotatable bonds is 2. The first-order chi connectivity index (χ1) is 9.80. The van der Waals surface area contributed by atoms with Crippen LogP contribution in [-0.4, -0.2) is 9.55 Å². The zero-order valence-electron chi connectivity index (χ0n) is 11.9. The molecule has 104 valence electrons. The summed E-state index contributed by atoms with van der Waals surface area (Å²) in [6, 6.07) is 0.611. The van der Waals surface area contributed by atoms with E-state index in [0.29, 0.717) is 12.0 Å². The lowest BCUT2D eigenvalue weighted by Gasteiger charge is -2.34. The summed E-state index contributed by atoms with van der Waals surface area (Å²) in [5.41, 5.74) is 1.66. The van der Waals surface area contributed by atoms with Gasteiger partial charge in [-0.25, -0.2) is 4.98 Å². The number of aromatic nitrogens is 2. The third-order valence-corrected chi connectivity index (χ3v) is 5.74. The summed E-state index contributed by atoms with van der Waals surface area (Å²) in [6.45, 7) is 2.46. The molecule has 4 atom stereocenters. The minimum atomic E-state index is 0.272. The molecule has 3 heteroatoms. The van der Waals surface area contributed by atoms with E-state index < -0.39 is 0 Å². The van der Waals surface area contributed by atoms with Crippen molar-refractivity contribution in [2.45, 2.75) is 32.2 Å². The molecule has 2 fully saturated rings. The Labute approximate surface area is 120 Å². The minimum absolute atomic E-state index is 0.272. The molecule has 0 spiro atoms. The Bertz CT molecular complexity index is 581. The monoisotopic (exact) mass is 267 g/mol. The fourth-order valence-corrected chi connectivity index (χ4v) is 4.70. The van der Waals surface area contributed by atoms with Crippen LogP contribution in [-0.2, 0) is 0 Å². The Balaban J connectivity index is 1.71. The normalized spacial score (nSPS) is 38.6. The van der Waals surface area contributed by atoms with Crippen molar-refractivity contribution in [1.29, 1.82) is 0 Å². The second-order valence-corrected chi connectivity index (χ2v) is 6.45. The Hall–Kier alpha value is -1.77. The maximum absolute atomic E-state index is 4.24. The van der Waals surface area contributed by atoms with E-state index in [1.807, 2.05) is 12.5 Å². The molecule has 2 saturated carbocycles. The maximum Gasteiger partial charge on any atom is 0.0948 e. The van der Waals surface area contributed by atoms with Crippen molar-refractivity contribution in [3.8, 4) is 0 Å². The number of nitrogens with zero attached hydrogens (tertiary/aromatic N) is 2. The minimum Gasteiger partial charge on any atom is -0.365 e. The molecule has 4 unspecified atom stereocenters. The first kappa shape index (κ1) is 12.0. The number of fused-ring (bicyclic) bond motifs is 2. The zero-order chi connectivity index (χ0) is 13.6. The predicted octanol–water partition coefficient (Wildman–Crippen LogP) is 3.42. The van der Waals surface area contributed by atoms with Gasteiger partial charge in [0.15, 0.2) is 0 Å². The van der Waals surface area contributed by atoms with Gasteiger partial charge in [-0.2, -0.15) is 0 Å². The van der Waals surface area contributed by atoms with E-state index >= 15 is 0 Å². The van der Waals surface area contributed by atoms with Crippen LogP contribution in [0.1, 0.15) is 32.2 Å². The quantitative estimate of drug-likeness (QED) is 0.890. The fraction of sp³-hybridized carbons (Fsp3) is 0.471. The summed E-state index contributed by atoms with van der Waals surface area (Å²) in [5, 5.41) is 3.52. The highest BCUT2D eigenvalue weighted by Gasteiger charge is 2.58. The highest BCUT2D eigenvalue weighted by Crippen LogP contribution is 2.64. The highest BCUT2D eigenvalue weighted by atomic mass is 15.1. The second-order valence-electron chi connectivity index (χ2n) is 6.45. The van der Waals surface area contributed by atoms with Gasteiger partial charge >= 0.3 is 0 Å². The molecule has 20 heavy (non-hydrogen) atoms. The van der Waals surface area contributed by atoms with Crippen molar-refractivity contribution in [2.75, 3.05) is 0 Å². The lowest BCUT2D eigenvalue weighted by atomic mass is 9.75. The van der Waals surface area contributed by atoms with Crippen molar-refractivity contribution in [3.05, 3.63) is 54.9 Å². The van der Waals surface area contributed by atoms with Crippen LogP contribution >= 0.6 is 0 Å². The molecule has 2 bridgehead atoms. The summed E-state index contributed by atoms with van der Waals surface area (Å²) >= 11 is 0. The summed E-state index contributed by atoms with van der Waals surface area (Å²) < 4.78 is 2.32. The van der Waals surface area contributed by atoms with Gasteiger partial charge in [-0.15, -0.1) is 0 Å². The lowest BCUT2D eigenvalue weighted by molar-refractivity contribution is 0.248. The molecular formula is C17H21N3. The maximum atomic E-state index is 4.24. The van der Waals surface area contributed by atoms with Crippen LogP contribution in [0, 0.1) is 17.3 Å². The summed E-state index contributed by atoms with van der Waals surface area (Å²) in [5.74, 6) is 1.49. The second kappa shape index (κ2) is 4.37. The Morgan fingerprint density at radius 2 is 2.25 bits per heavy atom. The molecule has 0 saturated heterocycles. The van der Waals surface area contributed by atoms with Crippen LogP contribution in [0.3, 0.4) is 0 Å². The Morgan fingerprint density at radius 1 is 1.30 bits per heavy atom. The molecule has 3 aliphatic rings. The average molecular weight is 267 g/mol. The van der Waals surface area contributed by atoms with Gasteiger partial charge in [0, 0.05) is 35.7 Å². The molecule has 0 radical (unpaired) electrons. The standard InChI is InChI=1S/C17H21N3/c1-17(16-5-3-2-4-8-19-16)13-6-7-14(17)15(11-13)20-10-9-18-12-20/h2-5,8-10,12-15,19H,6-7,11H2,1H3. The molecule has 1 aromatic heterocycles. The predicted molar refractivity (Wildman–Crippen MR) is 79.7 cm³/mol. The van der Waals surface area contributed by atoms with E-state index in [1.54, 1.807) is 0 Å². The van der Waals surface area contributed by atoms with E-state index in [9.17, 15) is 0 Å². The first-order valence-electron chi connectivity index (χ1n) is 7.58. The van der Waals surface area contributed by atoms with Crippen molar-refractivity contribution in [1.82, 2.24) is 14.9 Å². The molecule has 0 aromatic carbocycles. The van der Waals surface area contributed by atoms with Crippen LogP contribution < -0.4 is 5.32 Å². The zero-order valence-corrected chi connectivity index (χ0v) is 11.9. The van der Waals surface area contributed by atoms with E-state index in [-0.39, 0.29) is 5.41 Å². The number of hydrogen-bond donors (Lipinski definition) is 1. The Morgan fingerprint density at radius 3 is 3.10 bits per heavy atom. The topological polar surface area (TPSA) is 29.9 Å². The number of nitrogens with one attached hydrogen (secondary N) is 1. The molecule has 1 N–H and O–H groups in total. The van der Waals surface area contributed by atoms with Gasteiger partial charge in [-0.1, -0.05) is 19.1 Å². The van der Waals surface area contributed by atoms with Crippen molar-refractivity contribution in [2.24, 2.45) is 17.3 Å². The molecule has 2 aliphatic carbocycles. The number of imidazole rings is 1. The average Bonchev–Trinajstić information content (AvgIpc) is 3.09. The number of hydrogen-bond acceptors (Lipinski definition) is 2. The number of allylic oxidation sites excluding steroid dienone is 5. The third-order valence-electron chi connectivity index (χ3n) is 5.74. The van der Waals surface area contributed by atoms with Gasteiger partial charge in [0.05, 0.1) is 6.33 Å². The highest BCUT2D eigenvalue weighted by molar-refractivity contribution is 5.30. The van der Waals surface area contributed by atoms with Gasteiger partial charge in [0.1, 0.15) is 0 Å². The first-order valence-corrected chi connectivity index (χ1v) is 7.58. The van der Waals surface area contributed by atoms with Gasteiger partial charge in [-0.3, -0.25) is 0 Å². The van der Waals surface area contributed by atoms with Crippen LogP contribution in [0.5, 0.6) is 0 Å².